The van der Waals surface area contributed by atoms with Gasteiger partial charge in [-0.1, -0.05) is 12.2 Å². The third-order valence-corrected chi connectivity index (χ3v) is 1.19. The van der Waals surface area contributed by atoms with Crippen LogP contribution in [0, 0.1) is 0 Å². The Bertz CT molecular complexity index is 159. The summed E-state index contributed by atoms with van der Waals surface area (Å²) < 4.78 is 0. The van der Waals surface area contributed by atoms with Gasteiger partial charge in [0, 0.05) is 6.54 Å². The van der Waals surface area contributed by atoms with E-state index in [0.717, 1.165) is 0 Å². The third kappa shape index (κ3) is 4.52. The molecule has 0 aliphatic heterocycles. The highest BCUT2D eigenvalue weighted by Gasteiger charge is 2.01. The van der Waals surface area contributed by atoms with E-state index in [1.54, 1.807) is 12.2 Å². The van der Waals surface area contributed by atoms with Crippen LogP contribution in [-0.4, -0.2) is 28.4 Å². The first kappa shape index (κ1) is 10.1. The van der Waals surface area contributed by atoms with Gasteiger partial charge in [-0.15, -0.1) is 13.2 Å². The molecular weight excluding hydrogens is 160 g/mol. The van der Waals surface area contributed by atoms with Crippen molar-refractivity contribution in [3.8, 4) is 0 Å². The topological polar surface area (TPSA) is 35.5 Å². The second-order valence-electron chi connectivity index (χ2n) is 1.83. The molecule has 0 aliphatic carbocycles. The van der Waals surface area contributed by atoms with Gasteiger partial charge in [0.25, 0.3) is 5.17 Å². The molecule has 0 aromatic heterocycles. The predicted octanol–water partition coefficient (Wildman–Crippen LogP) is 1.01. The molecule has 0 spiro atoms. The van der Waals surface area contributed by atoms with Crippen LogP contribution in [0.3, 0.4) is 0 Å². The molecule has 0 aliphatic rings. The minimum absolute atomic E-state index is 0.188. The van der Waals surface area contributed by atoms with E-state index in [2.05, 4.69) is 30.8 Å². The molecule has 0 saturated carbocycles. The highest BCUT2D eigenvalue weighted by Crippen LogP contribution is 1.84. The standard InChI is InChI=1S/C7H12N2OS/c1-3-5-8-9(6-4-2)7(10)11/h3-4,8H,1-2,5-6H2,(H,10,11). The lowest BCUT2D eigenvalue weighted by molar-refractivity contribution is 0.297. The summed E-state index contributed by atoms with van der Waals surface area (Å²) in [4.78, 5) is 0. The Morgan fingerprint density at radius 3 is 2.55 bits per heavy atom. The van der Waals surface area contributed by atoms with Crippen molar-refractivity contribution in [2.75, 3.05) is 13.1 Å². The molecule has 0 radical (unpaired) electrons. The van der Waals surface area contributed by atoms with E-state index in [1.165, 1.54) is 5.01 Å². The maximum atomic E-state index is 8.88. The number of thiocarbonyl (C=S) groups is 1. The van der Waals surface area contributed by atoms with Crippen molar-refractivity contribution < 1.29 is 5.11 Å². The molecule has 0 fully saturated rings. The molecule has 0 amide bonds. The van der Waals surface area contributed by atoms with Crippen LogP contribution in [0.15, 0.2) is 25.3 Å². The fourth-order valence-corrected chi connectivity index (χ4v) is 0.653. The Kier molecular flexibility index (Phi) is 5.42. The van der Waals surface area contributed by atoms with Crippen molar-refractivity contribution in [1.82, 2.24) is 10.4 Å². The molecule has 0 aromatic rings. The number of aliphatic hydroxyl groups excluding tert-OH is 1. The average molecular weight is 172 g/mol. The lowest BCUT2D eigenvalue weighted by Gasteiger charge is -2.19. The van der Waals surface area contributed by atoms with Crippen LogP contribution in [0.5, 0.6) is 0 Å². The Morgan fingerprint density at radius 2 is 2.18 bits per heavy atom. The molecule has 0 bridgehead atoms. The first-order valence-corrected chi connectivity index (χ1v) is 3.59. The fraction of sp³-hybridized carbons (Fsp3) is 0.286. The number of rotatable bonds is 5. The van der Waals surface area contributed by atoms with Crippen molar-refractivity contribution >= 4 is 17.4 Å². The van der Waals surface area contributed by atoms with E-state index < -0.39 is 0 Å². The van der Waals surface area contributed by atoms with Gasteiger partial charge in [-0.3, -0.25) is 5.01 Å². The molecule has 0 atom stereocenters. The summed E-state index contributed by atoms with van der Waals surface area (Å²) in [5, 5.41) is 10.1. The third-order valence-electron chi connectivity index (χ3n) is 0.969. The van der Waals surface area contributed by atoms with Crippen molar-refractivity contribution in [3.05, 3.63) is 25.3 Å². The summed E-state index contributed by atoms with van der Waals surface area (Å²) in [5.41, 5.74) is 2.82. The Labute approximate surface area is 72.0 Å². The van der Waals surface area contributed by atoms with Crippen LogP contribution < -0.4 is 5.43 Å². The first-order valence-electron chi connectivity index (χ1n) is 3.18. The van der Waals surface area contributed by atoms with Gasteiger partial charge in [-0.05, 0) is 12.2 Å². The van der Waals surface area contributed by atoms with Crippen LogP contribution in [0.25, 0.3) is 0 Å². The van der Waals surface area contributed by atoms with Gasteiger partial charge in [0.15, 0.2) is 0 Å². The van der Waals surface area contributed by atoms with E-state index in [1.807, 2.05) is 0 Å². The molecule has 2 N–H and O–H groups in total. The van der Waals surface area contributed by atoms with E-state index in [4.69, 9.17) is 5.11 Å². The van der Waals surface area contributed by atoms with Crippen molar-refractivity contribution in [2.45, 2.75) is 0 Å². The molecule has 0 rings (SSSR count). The Balaban J connectivity index is 3.77. The lowest BCUT2D eigenvalue weighted by Crippen LogP contribution is -2.41. The largest absolute Gasteiger partial charge is 0.486 e. The van der Waals surface area contributed by atoms with Gasteiger partial charge < -0.3 is 5.11 Å². The summed E-state index contributed by atoms with van der Waals surface area (Å²) >= 11 is 4.53. The zero-order chi connectivity index (χ0) is 8.69. The number of nitrogens with zero attached hydrogens (tertiary/aromatic N) is 1. The van der Waals surface area contributed by atoms with Gasteiger partial charge in [0.1, 0.15) is 0 Å². The molecular formula is C7H12N2OS. The summed E-state index contributed by atoms with van der Waals surface area (Å²) in [6.45, 7) is 8.06. The normalized spacial score (nSPS) is 8.73. The molecule has 62 valence electrons. The van der Waals surface area contributed by atoms with E-state index in [-0.39, 0.29) is 5.17 Å². The SMILES string of the molecule is C=CCNN(CC=C)C(O)=S. The minimum atomic E-state index is -0.188. The Morgan fingerprint density at radius 1 is 1.55 bits per heavy atom. The number of hydrogen-bond acceptors (Lipinski definition) is 2. The number of aliphatic hydroxyl groups is 1. The fourth-order valence-electron chi connectivity index (χ4n) is 0.514. The number of hydrazine groups is 1. The summed E-state index contributed by atoms with van der Waals surface area (Å²) in [7, 11) is 0. The maximum Gasteiger partial charge on any atom is 0.271 e. The van der Waals surface area contributed by atoms with Crippen LogP contribution in [0.4, 0.5) is 0 Å². The average Bonchev–Trinajstić information content (AvgIpc) is 1.97. The van der Waals surface area contributed by atoms with Gasteiger partial charge in [-0.2, -0.15) is 0 Å². The maximum absolute atomic E-state index is 8.88. The molecule has 4 heteroatoms. The van der Waals surface area contributed by atoms with Crippen molar-refractivity contribution in [1.29, 1.82) is 0 Å². The van der Waals surface area contributed by atoms with Crippen LogP contribution in [0.1, 0.15) is 0 Å². The number of nitrogens with one attached hydrogen (secondary N) is 1. The quantitative estimate of drug-likeness (QED) is 0.368. The second kappa shape index (κ2) is 5.88. The van der Waals surface area contributed by atoms with Gasteiger partial charge in [0.05, 0.1) is 6.54 Å². The lowest BCUT2D eigenvalue weighted by atomic mass is 10.6. The number of hydrogen-bond donors (Lipinski definition) is 2. The van der Waals surface area contributed by atoms with E-state index in [9.17, 15) is 0 Å². The zero-order valence-electron chi connectivity index (χ0n) is 6.29. The van der Waals surface area contributed by atoms with Gasteiger partial charge in [-0.25, -0.2) is 5.43 Å². The molecule has 0 heterocycles. The smallest absolute Gasteiger partial charge is 0.271 e. The van der Waals surface area contributed by atoms with Crippen molar-refractivity contribution in [3.63, 3.8) is 0 Å². The second-order valence-corrected chi connectivity index (χ2v) is 2.20. The van der Waals surface area contributed by atoms with Crippen LogP contribution in [-0.2, 0) is 0 Å². The highest BCUT2D eigenvalue weighted by atomic mass is 32.1. The van der Waals surface area contributed by atoms with Gasteiger partial charge in [0.2, 0.25) is 0 Å². The molecule has 0 unspecified atom stereocenters. The molecule has 11 heavy (non-hydrogen) atoms. The summed E-state index contributed by atoms with van der Waals surface area (Å²) in [6, 6.07) is 0. The predicted molar refractivity (Wildman–Crippen MR) is 50.3 cm³/mol. The minimum Gasteiger partial charge on any atom is -0.486 e. The van der Waals surface area contributed by atoms with E-state index >= 15 is 0 Å². The molecule has 0 aromatic carbocycles. The van der Waals surface area contributed by atoms with E-state index in [0.29, 0.717) is 13.1 Å². The zero-order valence-corrected chi connectivity index (χ0v) is 7.10. The molecule has 3 nitrogen and oxygen atoms in total. The monoisotopic (exact) mass is 172 g/mol. The van der Waals surface area contributed by atoms with Gasteiger partial charge >= 0.3 is 0 Å². The van der Waals surface area contributed by atoms with Crippen LogP contribution in [0.2, 0.25) is 0 Å². The Hall–Kier alpha value is -0.870. The molecule has 0 saturated heterocycles. The first-order chi connectivity index (χ1) is 5.22. The highest BCUT2D eigenvalue weighted by molar-refractivity contribution is 7.79. The summed E-state index contributed by atoms with van der Waals surface area (Å²) in [6.07, 6.45) is 3.31. The summed E-state index contributed by atoms with van der Waals surface area (Å²) in [5.74, 6) is 0. The van der Waals surface area contributed by atoms with Crippen LogP contribution >= 0.6 is 12.2 Å². The van der Waals surface area contributed by atoms with Crippen molar-refractivity contribution in [2.24, 2.45) is 0 Å².